The van der Waals surface area contributed by atoms with Gasteiger partial charge in [0.2, 0.25) is 0 Å². The monoisotopic (exact) mass is 512 g/mol. The summed E-state index contributed by atoms with van der Waals surface area (Å²) in [6.07, 6.45) is 3.94. The molecule has 1 N–H and O–H groups in total. The number of Topliss-reactive ketones (excluding diaryl/α,β-unsaturated/α-hetero) is 1. The second-order valence-electron chi connectivity index (χ2n) is 11.4. The molecule has 0 atom stereocenters. The van der Waals surface area contributed by atoms with Gasteiger partial charge in [-0.2, -0.15) is 0 Å². The SMILES string of the molecule is C/N=C\c1ccc2c3c([nH]c2c1)C(C)(C)c1cc(N2CCC(N4CCOCC4)CC2)c(C(C)=O)cc1C3=O. The van der Waals surface area contributed by atoms with E-state index in [0.717, 1.165) is 85.6 Å². The van der Waals surface area contributed by atoms with Gasteiger partial charge < -0.3 is 14.6 Å². The number of fused-ring (bicyclic) bond motifs is 4. The first-order valence-corrected chi connectivity index (χ1v) is 13.7. The average molecular weight is 513 g/mol. The van der Waals surface area contributed by atoms with Gasteiger partial charge in [0.15, 0.2) is 11.6 Å². The molecule has 3 aliphatic rings. The maximum Gasteiger partial charge on any atom is 0.195 e. The Kier molecular flexibility index (Phi) is 6.23. The summed E-state index contributed by atoms with van der Waals surface area (Å²) in [5.74, 6) is -0.0190. The Bertz CT molecular complexity index is 1450. The predicted octanol–water partition coefficient (Wildman–Crippen LogP) is 4.59. The maximum absolute atomic E-state index is 14.0. The lowest BCUT2D eigenvalue weighted by atomic mass is 9.70. The highest BCUT2D eigenvalue weighted by Gasteiger charge is 2.41. The highest BCUT2D eigenvalue weighted by molar-refractivity contribution is 6.21. The van der Waals surface area contributed by atoms with E-state index in [4.69, 9.17) is 4.74 Å². The Morgan fingerprint density at radius 3 is 2.53 bits per heavy atom. The number of nitrogens with one attached hydrogen (secondary N) is 1. The Morgan fingerprint density at radius 2 is 1.84 bits per heavy atom. The summed E-state index contributed by atoms with van der Waals surface area (Å²) < 4.78 is 5.54. The third-order valence-corrected chi connectivity index (χ3v) is 8.75. The van der Waals surface area contributed by atoms with Crippen LogP contribution in [0.2, 0.25) is 0 Å². The summed E-state index contributed by atoms with van der Waals surface area (Å²) in [4.78, 5) is 39.5. The second-order valence-corrected chi connectivity index (χ2v) is 11.4. The van der Waals surface area contributed by atoms with Crippen molar-refractivity contribution in [3.63, 3.8) is 0 Å². The summed E-state index contributed by atoms with van der Waals surface area (Å²) in [6, 6.07) is 10.6. The smallest absolute Gasteiger partial charge is 0.195 e. The molecule has 0 amide bonds. The lowest BCUT2D eigenvalue weighted by Crippen LogP contribution is -2.49. The molecular formula is C31H36N4O3. The summed E-state index contributed by atoms with van der Waals surface area (Å²) in [5.41, 5.74) is 6.36. The number of aromatic amines is 1. The number of aromatic nitrogens is 1. The zero-order chi connectivity index (χ0) is 26.6. The van der Waals surface area contributed by atoms with Crippen LogP contribution < -0.4 is 4.90 Å². The van der Waals surface area contributed by atoms with Crippen molar-refractivity contribution in [1.82, 2.24) is 9.88 Å². The summed E-state index contributed by atoms with van der Waals surface area (Å²) in [6.45, 7) is 11.4. The van der Waals surface area contributed by atoms with Crippen molar-refractivity contribution in [1.29, 1.82) is 0 Å². The molecule has 1 aliphatic carbocycles. The summed E-state index contributed by atoms with van der Waals surface area (Å²) in [5, 5.41) is 0.913. The van der Waals surface area contributed by atoms with Crippen molar-refractivity contribution in [2.75, 3.05) is 51.3 Å². The number of H-pyrrole nitrogens is 1. The van der Waals surface area contributed by atoms with E-state index in [0.29, 0.717) is 22.7 Å². The number of piperidine rings is 1. The highest BCUT2D eigenvalue weighted by atomic mass is 16.5. The first kappa shape index (κ1) is 25.0. The number of carbonyl (C=O) groups excluding carboxylic acids is 2. The van der Waals surface area contributed by atoms with Crippen LogP contribution in [0.15, 0.2) is 35.3 Å². The van der Waals surface area contributed by atoms with E-state index in [1.54, 1.807) is 14.0 Å². The standard InChI is InChI=1S/C31H36N4O3/c1-19(36)23-16-24-25(17-27(23)35-9-7-21(8-10-35)34-11-13-38-14-12-34)31(2,3)30-28(29(24)37)22-6-5-20(18-32-4)15-26(22)33-30/h5-6,15-18,21,33H,7-14H2,1-4H3/b32-18-. The summed E-state index contributed by atoms with van der Waals surface area (Å²) >= 11 is 0. The van der Waals surface area contributed by atoms with Crippen LogP contribution >= 0.6 is 0 Å². The van der Waals surface area contributed by atoms with Crippen molar-refractivity contribution in [3.8, 4) is 0 Å². The first-order valence-electron chi connectivity index (χ1n) is 13.7. The van der Waals surface area contributed by atoms with Gasteiger partial charge in [-0.3, -0.25) is 19.5 Å². The van der Waals surface area contributed by atoms with Crippen molar-refractivity contribution < 1.29 is 14.3 Å². The minimum Gasteiger partial charge on any atom is -0.379 e. The Balaban J connectivity index is 1.39. The third-order valence-electron chi connectivity index (χ3n) is 8.75. The maximum atomic E-state index is 14.0. The van der Waals surface area contributed by atoms with Crippen molar-refractivity contribution >= 4 is 34.4 Å². The van der Waals surface area contributed by atoms with E-state index in [-0.39, 0.29) is 11.6 Å². The van der Waals surface area contributed by atoms with E-state index in [2.05, 4.69) is 39.7 Å². The fourth-order valence-electron chi connectivity index (χ4n) is 6.67. The molecule has 0 unspecified atom stereocenters. The minimum absolute atomic E-state index is 0.00285. The molecule has 3 heterocycles. The van der Waals surface area contributed by atoms with E-state index < -0.39 is 5.41 Å². The van der Waals surface area contributed by atoms with Crippen LogP contribution in [-0.4, -0.2) is 80.1 Å². The van der Waals surface area contributed by atoms with Gasteiger partial charge in [-0.15, -0.1) is 0 Å². The molecule has 0 saturated carbocycles. The average Bonchev–Trinajstić information content (AvgIpc) is 3.32. The van der Waals surface area contributed by atoms with E-state index in [1.165, 1.54) is 0 Å². The lowest BCUT2D eigenvalue weighted by molar-refractivity contribution is 0.0115. The zero-order valence-corrected chi connectivity index (χ0v) is 22.8. The van der Waals surface area contributed by atoms with Gasteiger partial charge in [-0.1, -0.05) is 26.0 Å². The molecule has 2 aliphatic heterocycles. The van der Waals surface area contributed by atoms with Crippen LogP contribution in [0.1, 0.15) is 76.7 Å². The number of nitrogens with zero attached hydrogens (tertiary/aromatic N) is 3. The predicted molar refractivity (Wildman–Crippen MR) is 151 cm³/mol. The van der Waals surface area contributed by atoms with E-state index >= 15 is 0 Å². The first-order chi connectivity index (χ1) is 18.3. The van der Waals surface area contributed by atoms with Crippen molar-refractivity contribution in [2.24, 2.45) is 4.99 Å². The van der Waals surface area contributed by atoms with Gasteiger partial charge in [0, 0.05) is 84.3 Å². The van der Waals surface area contributed by atoms with Crippen LogP contribution in [0.5, 0.6) is 0 Å². The molecule has 38 heavy (non-hydrogen) atoms. The number of anilines is 1. The topological polar surface area (TPSA) is 78.0 Å². The molecular weight excluding hydrogens is 476 g/mol. The van der Waals surface area contributed by atoms with Crippen LogP contribution in [0.25, 0.3) is 10.9 Å². The van der Waals surface area contributed by atoms with Crippen LogP contribution in [0.4, 0.5) is 5.69 Å². The van der Waals surface area contributed by atoms with Crippen LogP contribution in [-0.2, 0) is 10.2 Å². The summed E-state index contributed by atoms with van der Waals surface area (Å²) in [7, 11) is 1.75. The third kappa shape index (κ3) is 4.00. The zero-order valence-electron chi connectivity index (χ0n) is 22.8. The van der Waals surface area contributed by atoms with Gasteiger partial charge in [-0.25, -0.2) is 0 Å². The number of ketones is 2. The molecule has 2 aromatic carbocycles. The lowest BCUT2D eigenvalue weighted by Gasteiger charge is -2.42. The van der Waals surface area contributed by atoms with Gasteiger partial charge in [0.05, 0.1) is 18.8 Å². The van der Waals surface area contributed by atoms with E-state index in [9.17, 15) is 9.59 Å². The number of rotatable bonds is 4. The van der Waals surface area contributed by atoms with Gasteiger partial charge in [0.25, 0.3) is 0 Å². The van der Waals surface area contributed by atoms with Crippen LogP contribution in [0, 0.1) is 0 Å². The fraction of sp³-hybridized carbons (Fsp3) is 0.452. The molecule has 7 heteroatoms. The van der Waals surface area contributed by atoms with Gasteiger partial charge in [0.1, 0.15) is 0 Å². The normalized spacial score (nSPS) is 20.2. The molecule has 0 bridgehead atoms. The molecule has 7 nitrogen and oxygen atoms in total. The number of morpholine rings is 1. The molecule has 0 spiro atoms. The minimum atomic E-state index is -0.424. The van der Waals surface area contributed by atoms with Crippen molar-refractivity contribution in [2.45, 2.75) is 45.1 Å². The Hall–Kier alpha value is -3.29. The largest absolute Gasteiger partial charge is 0.379 e. The highest BCUT2D eigenvalue weighted by Crippen LogP contribution is 2.46. The molecule has 0 radical (unpaired) electrons. The van der Waals surface area contributed by atoms with Crippen molar-refractivity contribution in [3.05, 3.63) is 63.8 Å². The molecule has 6 rings (SSSR count). The number of aliphatic imine (C=N–C) groups is 1. The van der Waals surface area contributed by atoms with Gasteiger partial charge in [-0.05, 0) is 49.1 Å². The Morgan fingerprint density at radius 1 is 1.11 bits per heavy atom. The number of hydrogen-bond acceptors (Lipinski definition) is 6. The number of carbonyl (C=O) groups is 2. The molecule has 2 fully saturated rings. The number of ether oxygens (including phenoxy) is 1. The molecule has 3 aromatic rings. The van der Waals surface area contributed by atoms with Gasteiger partial charge >= 0.3 is 0 Å². The fourth-order valence-corrected chi connectivity index (χ4v) is 6.67. The molecule has 1 aromatic heterocycles. The molecule has 2 saturated heterocycles. The second kappa shape index (κ2) is 9.47. The van der Waals surface area contributed by atoms with E-state index in [1.807, 2.05) is 30.5 Å². The number of benzene rings is 2. The Labute approximate surface area is 223 Å². The number of hydrogen-bond donors (Lipinski definition) is 1. The van der Waals surface area contributed by atoms with Crippen LogP contribution in [0.3, 0.4) is 0 Å². The quantitative estimate of drug-likeness (QED) is 0.409. The molecule has 198 valence electrons.